The van der Waals surface area contributed by atoms with Gasteiger partial charge in [-0.3, -0.25) is 4.79 Å². The maximum atomic E-state index is 12.6. The van der Waals surface area contributed by atoms with Crippen molar-refractivity contribution in [1.82, 2.24) is 0 Å². The molecule has 0 spiro atoms. The van der Waals surface area contributed by atoms with Crippen LogP contribution in [0, 0.1) is 5.82 Å². The first-order valence-electron chi connectivity index (χ1n) is 4.75. The molecule has 0 aliphatic carbocycles. The molecule has 0 saturated carbocycles. The van der Waals surface area contributed by atoms with Crippen LogP contribution in [-0.2, 0) is 11.2 Å². The lowest BCUT2D eigenvalue weighted by Gasteiger charge is -1.94. The first-order valence-corrected chi connectivity index (χ1v) is 4.75. The van der Waals surface area contributed by atoms with Gasteiger partial charge in [0.2, 0.25) is 0 Å². The Balaban J connectivity index is 2.50. The van der Waals surface area contributed by atoms with Crippen molar-refractivity contribution < 1.29 is 9.18 Å². The minimum atomic E-state index is -0.223. The summed E-state index contributed by atoms with van der Waals surface area (Å²) < 4.78 is 12.6. The highest BCUT2D eigenvalue weighted by atomic mass is 19.1. The Bertz CT molecular complexity index is 374. The summed E-state index contributed by atoms with van der Waals surface area (Å²) in [5.41, 5.74) is 1.73. The van der Waals surface area contributed by atoms with Gasteiger partial charge in [-0.25, -0.2) is 4.39 Å². The zero-order chi connectivity index (χ0) is 11.1. The molecule has 1 aromatic rings. The number of allylic oxidation sites excluding steroid dienone is 4. The van der Waals surface area contributed by atoms with Gasteiger partial charge in [-0.2, -0.15) is 0 Å². The van der Waals surface area contributed by atoms with E-state index in [0.717, 1.165) is 18.3 Å². The molecule has 1 rings (SSSR count). The molecule has 0 atom stereocenters. The first kappa shape index (κ1) is 11.4. The van der Waals surface area contributed by atoms with Gasteiger partial charge in [-0.1, -0.05) is 30.4 Å². The van der Waals surface area contributed by atoms with E-state index in [0.29, 0.717) is 5.57 Å². The number of hydrogen-bond donors (Lipinski definition) is 0. The van der Waals surface area contributed by atoms with Crippen LogP contribution in [0.3, 0.4) is 0 Å². The van der Waals surface area contributed by atoms with Gasteiger partial charge in [-0.15, -0.1) is 0 Å². The summed E-state index contributed by atoms with van der Waals surface area (Å²) in [6.45, 7) is 1.75. The SMILES string of the molecule is C/C(C=O)=C\C=C\Cc1ccc(F)cc1. The highest BCUT2D eigenvalue weighted by Crippen LogP contribution is 2.04. The average Bonchev–Trinajstić information content (AvgIpc) is 2.26. The number of halogens is 1. The molecule has 0 unspecified atom stereocenters. The van der Waals surface area contributed by atoms with E-state index >= 15 is 0 Å². The molecule has 0 N–H and O–H groups in total. The molecule has 15 heavy (non-hydrogen) atoms. The van der Waals surface area contributed by atoms with E-state index in [1.54, 1.807) is 25.1 Å². The maximum Gasteiger partial charge on any atom is 0.145 e. The highest BCUT2D eigenvalue weighted by Gasteiger charge is 1.90. The summed E-state index contributed by atoms with van der Waals surface area (Å²) >= 11 is 0. The van der Waals surface area contributed by atoms with E-state index < -0.39 is 0 Å². The fourth-order valence-corrected chi connectivity index (χ4v) is 1.08. The summed E-state index contributed by atoms with van der Waals surface area (Å²) in [7, 11) is 0. The van der Waals surface area contributed by atoms with Crippen LogP contribution < -0.4 is 0 Å². The van der Waals surface area contributed by atoms with Crippen molar-refractivity contribution in [2.45, 2.75) is 13.3 Å². The normalized spacial score (nSPS) is 12.0. The van der Waals surface area contributed by atoms with E-state index in [9.17, 15) is 9.18 Å². The molecular weight excluding hydrogens is 191 g/mol. The van der Waals surface area contributed by atoms with Crippen molar-refractivity contribution in [3.63, 3.8) is 0 Å². The smallest absolute Gasteiger partial charge is 0.145 e. The lowest BCUT2D eigenvalue weighted by molar-refractivity contribution is -0.104. The molecule has 1 aromatic carbocycles. The van der Waals surface area contributed by atoms with Crippen LogP contribution in [0.5, 0.6) is 0 Å². The molecule has 0 radical (unpaired) electrons. The quantitative estimate of drug-likeness (QED) is 0.418. The molecular formula is C13H13FO. The molecule has 0 heterocycles. The number of rotatable bonds is 4. The third kappa shape index (κ3) is 4.36. The molecule has 0 aliphatic rings. The average molecular weight is 204 g/mol. The number of carbonyl (C=O) groups is 1. The molecule has 2 heteroatoms. The van der Waals surface area contributed by atoms with Crippen LogP contribution in [0.15, 0.2) is 48.1 Å². The zero-order valence-corrected chi connectivity index (χ0v) is 8.61. The molecule has 0 saturated heterocycles. The van der Waals surface area contributed by atoms with Crippen LogP contribution in [-0.4, -0.2) is 6.29 Å². The Hall–Kier alpha value is -1.70. The van der Waals surface area contributed by atoms with E-state index in [1.165, 1.54) is 12.1 Å². The molecule has 78 valence electrons. The van der Waals surface area contributed by atoms with Crippen LogP contribution in [0.4, 0.5) is 4.39 Å². The topological polar surface area (TPSA) is 17.1 Å². The van der Waals surface area contributed by atoms with Crippen molar-refractivity contribution in [2.75, 3.05) is 0 Å². The molecule has 1 nitrogen and oxygen atoms in total. The zero-order valence-electron chi connectivity index (χ0n) is 8.61. The Kier molecular flexibility index (Phi) is 4.48. The summed E-state index contributed by atoms with van der Waals surface area (Å²) in [5.74, 6) is -0.223. The monoisotopic (exact) mass is 204 g/mol. The van der Waals surface area contributed by atoms with Gasteiger partial charge >= 0.3 is 0 Å². The van der Waals surface area contributed by atoms with Gasteiger partial charge in [0.1, 0.15) is 12.1 Å². The standard InChI is InChI=1S/C13H13FO/c1-11(10-15)4-2-3-5-12-6-8-13(14)9-7-12/h2-4,6-10H,5H2,1H3/b3-2+,11-4+. The van der Waals surface area contributed by atoms with Gasteiger partial charge in [0.25, 0.3) is 0 Å². The lowest BCUT2D eigenvalue weighted by Crippen LogP contribution is -1.81. The molecule has 0 amide bonds. The minimum absolute atomic E-state index is 0.223. The van der Waals surface area contributed by atoms with Crippen LogP contribution >= 0.6 is 0 Å². The largest absolute Gasteiger partial charge is 0.298 e. The highest BCUT2D eigenvalue weighted by molar-refractivity contribution is 5.72. The Morgan fingerprint density at radius 2 is 2.00 bits per heavy atom. The number of hydrogen-bond acceptors (Lipinski definition) is 1. The number of carbonyl (C=O) groups excluding carboxylic acids is 1. The predicted molar refractivity (Wildman–Crippen MR) is 59.1 cm³/mol. The summed E-state index contributed by atoms with van der Waals surface area (Å²) in [5, 5.41) is 0. The Labute approximate surface area is 88.9 Å². The summed E-state index contributed by atoms with van der Waals surface area (Å²) in [6, 6.07) is 6.37. The van der Waals surface area contributed by atoms with Crippen molar-refractivity contribution >= 4 is 6.29 Å². The minimum Gasteiger partial charge on any atom is -0.298 e. The fraction of sp³-hybridized carbons (Fsp3) is 0.154. The summed E-state index contributed by atoms with van der Waals surface area (Å²) in [4.78, 5) is 10.3. The first-order chi connectivity index (χ1) is 7.22. The van der Waals surface area contributed by atoms with Crippen LogP contribution in [0.1, 0.15) is 12.5 Å². The van der Waals surface area contributed by atoms with Crippen LogP contribution in [0.25, 0.3) is 0 Å². The van der Waals surface area contributed by atoms with E-state index in [1.807, 2.05) is 12.2 Å². The van der Waals surface area contributed by atoms with Gasteiger partial charge in [-0.05, 0) is 36.6 Å². The predicted octanol–water partition coefficient (Wildman–Crippen LogP) is 3.07. The second-order valence-corrected chi connectivity index (χ2v) is 3.29. The van der Waals surface area contributed by atoms with Gasteiger partial charge in [0, 0.05) is 0 Å². The van der Waals surface area contributed by atoms with Crippen molar-refractivity contribution in [3.8, 4) is 0 Å². The Morgan fingerprint density at radius 1 is 1.33 bits per heavy atom. The lowest BCUT2D eigenvalue weighted by atomic mass is 10.1. The fourth-order valence-electron chi connectivity index (χ4n) is 1.08. The van der Waals surface area contributed by atoms with Crippen molar-refractivity contribution in [2.24, 2.45) is 0 Å². The number of aldehydes is 1. The third-order valence-corrected chi connectivity index (χ3v) is 1.95. The molecule has 0 aliphatic heterocycles. The molecule has 0 bridgehead atoms. The summed E-state index contributed by atoms with van der Waals surface area (Å²) in [6.07, 6.45) is 7.05. The van der Waals surface area contributed by atoms with E-state index in [4.69, 9.17) is 0 Å². The van der Waals surface area contributed by atoms with Crippen molar-refractivity contribution in [3.05, 3.63) is 59.4 Å². The Morgan fingerprint density at radius 3 is 2.60 bits per heavy atom. The van der Waals surface area contributed by atoms with Gasteiger partial charge in [0.15, 0.2) is 0 Å². The van der Waals surface area contributed by atoms with Crippen LogP contribution in [0.2, 0.25) is 0 Å². The second kappa shape index (κ2) is 5.91. The number of benzene rings is 1. The van der Waals surface area contributed by atoms with E-state index in [-0.39, 0.29) is 5.82 Å². The maximum absolute atomic E-state index is 12.6. The second-order valence-electron chi connectivity index (χ2n) is 3.29. The third-order valence-electron chi connectivity index (χ3n) is 1.95. The van der Waals surface area contributed by atoms with Crippen molar-refractivity contribution in [1.29, 1.82) is 0 Å². The molecule has 0 aromatic heterocycles. The van der Waals surface area contributed by atoms with E-state index in [2.05, 4.69) is 0 Å². The van der Waals surface area contributed by atoms with Gasteiger partial charge < -0.3 is 0 Å². The van der Waals surface area contributed by atoms with Gasteiger partial charge in [0.05, 0.1) is 0 Å². The molecule has 0 fully saturated rings.